The molecule has 0 amide bonds. The van der Waals surface area contributed by atoms with E-state index in [0.717, 1.165) is 5.56 Å². The van der Waals surface area contributed by atoms with Gasteiger partial charge in [-0.1, -0.05) is 0 Å². The number of primary sulfonamides is 1. The van der Waals surface area contributed by atoms with Crippen LogP contribution in [-0.4, -0.2) is 27.1 Å². The lowest BCUT2D eigenvalue weighted by atomic mass is 10.1. The van der Waals surface area contributed by atoms with Crippen molar-refractivity contribution >= 4 is 33.1 Å². The van der Waals surface area contributed by atoms with Gasteiger partial charge in [0.05, 0.1) is 4.90 Å². The molecule has 102 valence electrons. The predicted molar refractivity (Wildman–Crippen MR) is 75.6 cm³/mol. The predicted octanol–water partition coefficient (Wildman–Crippen LogP) is 1.37. The van der Waals surface area contributed by atoms with Crippen LogP contribution >= 0.6 is 23.1 Å². The van der Waals surface area contributed by atoms with Crippen molar-refractivity contribution in [2.24, 2.45) is 5.14 Å². The normalized spacial score (nSPS) is 11.7. The Balaban J connectivity index is 2.26. The first-order chi connectivity index (χ1) is 9.55. The molecular formula is C10H7N5O2S3. The molecule has 0 aliphatic heterocycles. The largest absolute Gasteiger partial charge is 0.238 e. The smallest absolute Gasteiger partial charge is 0.225 e. The molecule has 0 aliphatic rings. The van der Waals surface area contributed by atoms with Gasteiger partial charge in [0.1, 0.15) is 22.7 Å². The number of benzene rings is 1. The fraction of sp³-hybridized carbons (Fsp3) is 0. The molecule has 2 aromatic heterocycles. The summed E-state index contributed by atoms with van der Waals surface area (Å²) >= 11 is 2.38. The summed E-state index contributed by atoms with van der Waals surface area (Å²) < 4.78 is 30.8. The molecule has 3 aromatic rings. The van der Waals surface area contributed by atoms with Crippen LogP contribution in [0.1, 0.15) is 0 Å². The van der Waals surface area contributed by atoms with Gasteiger partial charge in [0.15, 0.2) is 0 Å². The third-order valence-electron chi connectivity index (χ3n) is 2.50. The van der Waals surface area contributed by atoms with Crippen LogP contribution in [0.4, 0.5) is 0 Å². The Morgan fingerprint density at radius 3 is 2.05 bits per heavy atom. The van der Waals surface area contributed by atoms with Crippen LogP contribution in [0.3, 0.4) is 0 Å². The van der Waals surface area contributed by atoms with E-state index in [1.807, 2.05) is 0 Å². The third-order valence-corrected chi connectivity index (χ3v) is 4.81. The van der Waals surface area contributed by atoms with E-state index in [1.165, 1.54) is 47.9 Å². The number of hydrogen-bond acceptors (Lipinski definition) is 8. The topological polar surface area (TPSA) is 112 Å². The number of nitrogens with two attached hydrogens (primary N) is 1. The van der Waals surface area contributed by atoms with E-state index >= 15 is 0 Å². The molecule has 10 heteroatoms. The van der Waals surface area contributed by atoms with Crippen molar-refractivity contribution < 1.29 is 8.42 Å². The standard InChI is InChI=1S/C10H7N5O2S3/c11-20(16,17)6-1-2-7(9-12-4-14-18-9)8(3-6)10-13-5-15-19-10/h1-5H,(H2,11,16,17). The summed E-state index contributed by atoms with van der Waals surface area (Å²) in [5.41, 5.74) is 1.37. The van der Waals surface area contributed by atoms with E-state index < -0.39 is 10.0 Å². The second-order valence-corrected chi connectivity index (χ2v) is 6.87. The molecule has 0 spiro atoms. The van der Waals surface area contributed by atoms with Gasteiger partial charge in [-0.25, -0.2) is 23.5 Å². The SMILES string of the molecule is NS(=O)(=O)c1ccc(-c2ncns2)c(-c2ncns2)c1. The molecule has 2 N–H and O–H groups in total. The average Bonchev–Trinajstić information content (AvgIpc) is 3.10. The number of sulfonamides is 1. The highest BCUT2D eigenvalue weighted by Gasteiger charge is 2.17. The highest BCUT2D eigenvalue weighted by Crippen LogP contribution is 2.34. The van der Waals surface area contributed by atoms with Crippen LogP contribution in [-0.2, 0) is 10.0 Å². The molecule has 0 atom stereocenters. The van der Waals surface area contributed by atoms with E-state index in [0.29, 0.717) is 15.6 Å². The highest BCUT2D eigenvalue weighted by molar-refractivity contribution is 7.89. The second kappa shape index (κ2) is 4.98. The zero-order valence-electron chi connectivity index (χ0n) is 9.79. The maximum atomic E-state index is 11.5. The molecule has 7 nitrogen and oxygen atoms in total. The Hall–Kier alpha value is -1.75. The van der Waals surface area contributed by atoms with Gasteiger partial charge < -0.3 is 0 Å². The summed E-state index contributed by atoms with van der Waals surface area (Å²) in [6, 6.07) is 4.57. The summed E-state index contributed by atoms with van der Waals surface area (Å²) in [4.78, 5) is 8.26. The monoisotopic (exact) mass is 325 g/mol. The Morgan fingerprint density at radius 1 is 0.950 bits per heavy atom. The molecule has 1 aromatic carbocycles. The zero-order chi connectivity index (χ0) is 14.2. The molecule has 2 heterocycles. The van der Waals surface area contributed by atoms with E-state index in [1.54, 1.807) is 6.07 Å². The third kappa shape index (κ3) is 2.45. The van der Waals surface area contributed by atoms with Gasteiger partial charge in [0, 0.05) is 11.1 Å². The number of aromatic nitrogens is 4. The Labute approximate surface area is 122 Å². The van der Waals surface area contributed by atoms with Crippen LogP contribution in [0.15, 0.2) is 35.7 Å². The van der Waals surface area contributed by atoms with E-state index in [9.17, 15) is 8.42 Å². The lowest BCUT2D eigenvalue weighted by Gasteiger charge is -2.06. The van der Waals surface area contributed by atoms with Crippen LogP contribution in [0.5, 0.6) is 0 Å². The number of nitrogens with zero attached hydrogens (tertiary/aromatic N) is 4. The summed E-state index contributed by atoms with van der Waals surface area (Å²) in [5, 5.41) is 6.44. The van der Waals surface area contributed by atoms with Crippen LogP contribution in [0, 0.1) is 0 Å². The summed E-state index contributed by atoms with van der Waals surface area (Å²) in [6.07, 6.45) is 2.85. The van der Waals surface area contributed by atoms with Crippen LogP contribution in [0.25, 0.3) is 21.1 Å². The van der Waals surface area contributed by atoms with E-state index in [4.69, 9.17) is 5.14 Å². The average molecular weight is 325 g/mol. The van der Waals surface area contributed by atoms with Crippen molar-refractivity contribution in [2.45, 2.75) is 4.90 Å². The summed E-state index contributed by atoms with van der Waals surface area (Å²) in [7, 11) is -3.78. The van der Waals surface area contributed by atoms with Crippen LogP contribution < -0.4 is 5.14 Å². The molecular weight excluding hydrogens is 318 g/mol. The quantitative estimate of drug-likeness (QED) is 0.778. The maximum Gasteiger partial charge on any atom is 0.238 e. The fourth-order valence-corrected chi connectivity index (χ4v) is 3.31. The van der Waals surface area contributed by atoms with Gasteiger partial charge in [-0.2, -0.15) is 8.75 Å². The van der Waals surface area contributed by atoms with E-state index in [2.05, 4.69) is 18.7 Å². The molecule has 20 heavy (non-hydrogen) atoms. The van der Waals surface area contributed by atoms with Crippen molar-refractivity contribution in [3.63, 3.8) is 0 Å². The Bertz CT molecular complexity index is 828. The van der Waals surface area contributed by atoms with Gasteiger partial charge in [-0.15, -0.1) is 0 Å². The second-order valence-electron chi connectivity index (χ2n) is 3.75. The van der Waals surface area contributed by atoms with Crippen molar-refractivity contribution in [1.29, 1.82) is 0 Å². The first-order valence-corrected chi connectivity index (χ1v) is 8.36. The highest BCUT2D eigenvalue weighted by atomic mass is 32.2. The zero-order valence-corrected chi connectivity index (χ0v) is 12.2. The number of hydrogen-bond donors (Lipinski definition) is 1. The van der Waals surface area contributed by atoms with Crippen molar-refractivity contribution in [3.8, 4) is 21.1 Å². The molecule has 0 aliphatic carbocycles. The first-order valence-electron chi connectivity index (χ1n) is 5.26. The Morgan fingerprint density at radius 2 is 1.55 bits per heavy atom. The molecule has 0 radical (unpaired) electrons. The first kappa shape index (κ1) is 13.2. The lowest BCUT2D eigenvalue weighted by molar-refractivity contribution is 0.598. The summed E-state index contributed by atoms with van der Waals surface area (Å²) in [6.45, 7) is 0. The molecule has 0 unspecified atom stereocenters. The van der Waals surface area contributed by atoms with Gasteiger partial charge >= 0.3 is 0 Å². The minimum Gasteiger partial charge on any atom is -0.225 e. The minimum atomic E-state index is -3.78. The number of rotatable bonds is 3. The molecule has 0 saturated carbocycles. The molecule has 0 fully saturated rings. The minimum absolute atomic E-state index is 0.0240. The van der Waals surface area contributed by atoms with Gasteiger partial charge in [0.2, 0.25) is 10.0 Å². The maximum absolute atomic E-state index is 11.5. The van der Waals surface area contributed by atoms with Crippen molar-refractivity contribution in [2.75, 3.05) is 0 Å². The van der Waals surface area contributed by atoms with E-state index in [-0.39, 0.29) is 4.90 Å². The summed E-state index contributed by atoms with van der Waals surface area (Å²) in [5.74, 6) is 0. The van der Waals surface area contributed by atoms with Crippen LogP contribution in [0.2, 0.25) is 0 Å². The lowest BCUT2D eigenvalue weighted by Crippen LogP contribution is -2.12. The Kier molecular flexibility index (Phi) is 3.30. The van der Waals surface area contributed by atoms with Crippen molar-refractivity contribution in [3.05, 3.63) is 30.9 Å². The van der Waals surface area contributed by atoms with Gasteiger partial charge in [-0.05, 0) is 41.3 Å². The van der Waals surface area contributed by atoms with Crippen molar-refractivity contribution in [1.82, 2.24) is 18.7 Å². The van der Waals surface area contributed by atoms with Gasteiger partial charge in [-0.3, -0.25) is 0 Å². The molecule has 0 saturated heterocycles. The molecule has 3 rings (SSSR count). The van der Waals surface area contributed by atoms with Gasteiger partial charge in [0.25, 0.3) is 0 Å². The fourth-order valence-electron chi connectivity index (χ4n) is 1.65. The molecule has 0 bridgehead atoms.